The zero-order valence-corrected chi connectivity index (χ0v) is 9.32. The summed E-state index contributed by atoms with van der Waals surface area (Å²) in [6, 6.07) is 9.87. The van der Waals surface area contributed by atoms with Crippen molar-refractivity contribution in [3.8, 4) is 0 Å². The Hall–Kier alpha value is -0.890. The van der Waals surface area contributed by atoms with Gasteiger partial charge in [0, 0.05) is 10.1 Å². The molecule has 1 nitrogen and oxygen atoms in total. The molecule has 15 heavy (non-hydrogen) atoms. The predicted octanol–water partition coefficient (Wildman–Crippen LogP) is 2.76. The smallest absolute Gasteiger partial charge is 0.0567 e. The molecule has 2 aliphatic rings. The van der Waals surface area contributed by atoms with Crippen LogP contribution in [0.1, 0.15) is 12.8 Å². The Kier molecular flexibility index (Phi) is 2.24. The summed E-state index contributed by atoms with van der Waals surface area (Å²) in [5.41, 5.74) is 0. The highest BCUT2D eigenvalue weighted by Crippen LogP contribution is 2.42. The molecular formula is C13H14OS. The highest BCUT2D eigenvalue weighted by molar-refractivity contribution is 7.85. The van der Waals surface area contributed by atoms with Crippen LogP contribution in [0.4, 0.5) is 0 Å². The van der Waals surface area contributed by atoms with E-state index in [1.807, 2.05) is 30.3 Å². The van der Waals surface area contributed by atoms with Gasteiger partial charge in [-0.1, -0.05) is 30.4 Å². The number of rotatable bonds is 2. The maximum absolute atomic E-state index is 12.3. The third-order valence-electron chi connectivity index (χ3n) is 3.47. The van der Waals surface area contributed by atoms with E-state index in [9.17, 15) is 4.21 Å². The number of benzene rings is 1. The van der Waals surface area contributed by atoms with Crippen molar-refractivity contribution in [2.45, 2.75) is 23.0 Å². The molecule has 3 rings (SSSR count). The zero-order chi connectivity index (χ0) is 10.3. The lowest BCUT2D eigenvalue weighted by Gasteiger charge is -2.17. The lowest BCUT2D eigenvalue weighted by molar-refractivity contribution is 0.641. The highest BCUT2D eigenvalue weighted by atomic mass is 32.2. The minimum Gasteiger partial charge on any atom is -0.254 e. The summed E-state index contributed by atoms with van der Waals surface area (Å²) < 4.78 is 12.3. The van der Waals surface area contributed by atoms with E-state index in [1.165, 1.54) is 6.42 Å². The molecule has 0 aromatic heterocycles. The second-order valence-electron chi connectivity index (χ2n) is 4.43. The zero-order valence-electron chi connectivity index (χ0n) is 8.50. The molecule has 0 heterocycles. The Bertz CT molecular complexity index is 410. The van der Waals surface area contributed by atoms with E-state index in [-0.39, 0.29) is 0 Å². The Labute approximate surface area is 92.7 Å². The molecule has 0 amide bonds. The van der Waals surface area contributed by atoms with Crippen LogP contribution in [0.5, 0.6) is 0 Å². The van der Waals surface area contributed by atoms with Gasteiger partial charge in [0.2, 0.25) is 0 Å². The van der Waals surface area contributed by atoms with Crippen LogP contribution in [-0.4, -0.2) is 9.46 Å². The fourth-order valence-corrected chi connectivity index (χ4v) is 4.42. The number of fused-ring (bicyclic) bond motifs is 2. The van der Waals surface area contributed by atoms with Crippen molar-refractivity contribution in [2.24, 2.45) is 11.8 Å². The quantitative estimate of drug-likeness (QED) is 0.698. The molecule has 0 spiro atoms. The van der Waals surface area contributed by atoms with Crippen molar-refractivity contribution in [3.05, 3.63) is 42.5 Å². The van der Waals surface area contributed by atoms with Crippen LogP contribution in [0.3, 0.4) is 0 Å². The maximum Gasteiger partial charge on any atom is 0.0567 e. The van der Waals surface area contributed by atoms with Crippen molar-refractivity contribution in [1.82, 2.24) is 0 Å². The molecular weight excluding hydrogens is 204 g/mol. The average Bonchev–Trinajstić information content (AvgIpc) is 2.91. The monoisotopic (exact) mass is 218 g/mol. The van der Waals surface area contributed by atoms with Gasteiger partial charge in [0.05, 0.1) is 10.8 Å². The molecule has 2 heteroatoms. The summed E-state index contributed by atoms with van der Waals surface area (Å²) >= 11 is 0. The molecule has 78 valence electrons. The van der Waals surface area contributed by atoms with Crippen LogP contribution in [0.2, 0.25) is 0 Å². The third kappa shape index (κ3) is 1.57. The molecule has 4 atom stereocenters. The van der Waals surface area contributed by atoms with Crippen molar-refractivity contribution in [2.75, 3.05) is 0 Å². The molecule has 2 bridgehead atoms. The summed E-state index contributed by atoms with van der Waals surface area (Å²) in [6.07, 6.45) is 6.90. The van der Waals surface area contributed by atoms with E-state index >= 15 is 0 Å². The van der Waals surface area contributed by atoms with Gasteiger partial charge in [-0.15, -0.1) is 0 Å². The van der Waals surface area contributed by atoms with Crippen LogP contribution in [-0.2, 0) is 10.8 Å². The Morgan fingerprint density at radius 2 is 1.87 bits per heavy atom. The number of hydrogen-bond donors (Lipinski definition) is 0. The van der Waals surface area contributed by atoms with Gasteiger partial charge in [-0.3, -0.25) is 4.21 Å². The van der Waals surface area contributed by atoms with E-state index in [2.05, 4.69) is 12.2 Å². The first-order valence-corrected chi connectivity index (χ1v) is 6.70. The van der Waals surface area contributed by atoms with E-state index in [4.69, 9.17) is 0 Å². The maximum atomic E-state index is 12.3. The molecule has 1 aromatic carbocycles. The van der Waals surface area contributed by atoms with Gasteiger partial charge in [-0.2, -0.15) is 0 Å². The molecule has 0 aliphatic heterocycles. The van der Waals surface area contributed by atoms with Crippen LogP contribution in [0.15, 0.2) is 47.4 Å². The van der Waals surface area contributed by atoms with Gasteiger partial charge >= 0.3 is 0 Å². The molecule has 1 saturated carbocycles. The Balaban J connectivity index is 1.85. The van der Waals surface area contributed by atoms with Crippen molar-refractivity contribution in [3.63, 3.8) is 0 Å². The lowest BCUT2D eigenvalue weighted by Crippen LogP contribution is -2.20. The van der Waals surface area contributed by atoms with Crippen LogP contribution >= 0.6 is 0 Å². The van der Waals surface area contributed by atoms with Gasteiger partial charge in [0.15, 0.2) is 0 Å². The molecule has 0 radical (unpaired) electrons. The van der Waals surface area contributed by atoms with Gasteiger partial charge in [0.1, 0.15) is 0 Å². The number of hydrogen-bond acceptors (Lipinski definition) is 1. The SMILES string of the molecule is O=[S@](c1ccccc1)[C@@H]1C[C@H]2C=C[C@@H]1C2. The fraction of sp³-hybridized carbons (Fsp3) is 0.385. The second kappa shape index (κ2) is 3.60. The molecule has 1 fully saturated rings. The van der Waals surface area contributed by atoms with E-state index in [0.29, 0.717) is 17.1 Å². The molecule has 1 aromatic rings. The van der Waals surface area contributed by atoms with Gasteiger partial charge in [0.25, 0.3) is 0 Å². The number of allylic oxidation sites excluding steroid dienone is 2. The molecule has 0 unspecified atom stereocenters. The van der Waals surface area contributed by atoms with Crippen LogP contribution in [0.25, 0.3) is 0 Å². The van der Waals surface area contributed by atoms with Gasteiger partial charge < -0.3 is 0 Å². The third-order valence-corrected chi connectivity index (χ3v) is 5.30. The van der Waals surface area contributed by atoms with E-state index in [1.54, 1.807) is 0 Å². The normalized spacial score (nSPS) is 34.5. The largest absolute Gasteiger partial charge is 0.254 e. The summed E-state index contributed by atoms with van der Waals surface area (Å²) in [7, 11) is -0.810. The Morgan fingerprint density at radius 1 is 1.07 bits per heavy atom. The van der Waals surface area contributed by atoms with Gasteiger partial charge in [-0.05, 0) is 36.8 Å². The highest BCUT2D eigenvalue weighted by Gasteiger charge is 2.39. The first kappa shape index (κ1) is 9.34. The average molecular weight is 218 g/mol. The van der Waals surface area contributed by atoms with Crippen molar-refractivity contribution < 1.29 is 4.21 Å². The van der Waals surface area contributed by atoms with E-state index < -0.39 is 10.8 Å². The molecule has 0 saturated heterocycles. The minimum atomic E-state index is -0.810. The summed E-state index contributed by atoms with van der Waals surface area (Å²) in [4.78, 5) is 0.989. The van der Waals surface area contributed by atoms with Crippen molar-refractivity contribution >= 4 is 10.8 Å². The van der Waals surface area contributed by atoms with Gasteiger partial charge in [-0.25, -0.2) is 0 Å². The predicted molar refractivity (Wildman–Crippen MR) is 62.0 cm³/mol. The Morgan fingerprint density at radius 3 is 2.47 bits per heavy atom. The lowest BCUT2D eigenvalue weighted by atomic mass is 10.1. The van der Waals surface area contributed by atoms with Crippen LogP contribution < -0.4 is 0 Å². The summed E-state index contributed by atoms with van der Waals surface area (Å²) in [5, 5.41) is 0.363. The molecule has 2 aliphatic carbocycles. The van der Waals surface area contributed by atoms with E-state index in [0.717, 1.165) is 11.3 Å². The van der Waals surface area contributed by atoms with Crippen LogP contribution in [0, 0.1) is 11.8 Å². The second-order valence-corrected chi connectivity index (χ2v) is 6.10. The summed E-state index contributed by atoms with van der Waals surface area (Å²) in [6.45, 7) is 0. The summed E-state index contributed by atoms with van der Waals surface area (Å²) in [5.74, 6) is 1.27. The topological polar surface area (TPSA) is 17.1 Å². The first-order valence-electron chi connectivity index (χ1n) is 5.48. The molecule has 0 N–H and O–H groups in total. The minimum absolute atomic E-state index is 0.363. The fourth-order valence-electron chi connectivity index (χ4n) is 2.71. The van der Waals surface area contributed by atoms with Crippen molar-refractivity contribution in [1.29, 1.82) is 0 Å². The standard InChI is InChI=1S/C13H14OS/c14-15(12-4-2-1-3-5-12)13-9-10-6-7-11(13)8-10/h1-7,10-11,13H,8-9H2/t10-,11+,13+,15+/m0/s1. The first-order chi connectivity index (χ1) is 7.34.